The fourth-order valence-electron chi connectivity index (χ4n) is 3.17. The van der Waals surface area contributed by atoms with Crippen LogP contribution in [-0.2, 0) is 0 Å². The molecular weight excluding hydrogens is 314 g/mol. The van der Waals surface area contributed by atoms with Gasteiger partial charge in [0.2, 0.25) is 0 Å². The quantitative estimate of drug-likeness (QED) is 0.785. The predicted octanol–water partition coefficient (Wildman–Crippen LogP) is 4.10. The van der Waals surface area contributed by atoms with E-state index >= 15 is 0 Å². The van der Waals surface area contributed by atoms with Crippen molar-refractivity contribution in [2.75, 3.05) is 13.2 Å². The van der Waals surface area contributed by atoms with Gasteiger partial charge in [-0.2, -0.15) is 0 Å². The molecule has 3 aromatic rings. The highest BCUT2D eigenvalue weighted by atomic mass is 16.6. The van der Waals surface area contributed by atoms with Gasteiger partial charge in [-0.25, -0.2) is 0 Å². The van der Waals surface area contributed by atoms with E-state index in [4.69, 9.17) is 9.47 Å². The van der Waals surface area contributed by atoms with Crippen LogP contribution in [0.4, 0.5) is 0 Å². The fourth-order valence-corrected chi connectivity index (χ4v) is 3.17. The number of ether oxygens (including phenoxy) is 2. The van der Waals surface area contributed by atoms with Gasteiger partial charge in [0.1, 0.15) is 13.2 Å². The number of nitrogens with one attached hydrogen (secondary N) is 1. The number of amides is 1. The van der Waals surface area contributed by atoms with E-state index in [2.05, 4.69) is 29.6 Å². The zero-order chi connectivity index (χ0) is 17.2. The third-order valence-corrected chi connectivity index (χ3v) is 4.44. The Bertz CT molecular complexity index is 930. The lowest BCUT2D eigenvalue weighted by Gasteiger charge is -2.20. The number of fused-ring (bicyclic) bond motifs is 2. The first-order valence-corrected chi connectivity index (χ1v) is 8.40. The molecule has 4 rings (SSSR count). The molecule has 0 spiro atoms. The van der Waals surface area contributed by atoms with Gasteiger partial charge in [-0.1, -0.05) is 42.5 Å². The molecule has 1 aliphatic heterocycles. The normalized spacial score (nSPS) is 14.1. The zero-order valence-electron chi connectivity index (χ0n) is 14.0. The van der Waals surface area contributed by atoms with Crippen molar-refractivity contribution in [1.29, 1.82) is 0 Å². The van der Waals surface area contributed by atoms with Crippen molar-refractivity contribution in [2.45, 2.75) is 13.0 Å². The third-order valence-electron chi connectivity index (χ3n) is 4.44. The van der Waals surface area contributed by atoms with E-state index in [-0.39, 0.29) is 11.9 Å². The van der Waals surface area contributed by atoms with E-state index in [0.29, 0.717) is 30.3 Å². The molecule has 0 aliphatic carbocycles. The highest BCUT2D eigenvalue weighted by Crippen LogP contribution is 2.31. The Labute approximate surface area is 146 Å². The summed E-state index contributed by atoms with van der Waals surface area (Å²) >= 11 is 0. The summed E-state index contributed by atoms with van der Waals surface area (Å²) in [6.07, 6.45) is 0. The van der Waals surface area contributed by atoms with Crippen LogP contribution in [-0.4, -0.2) is 19.1 Å². The summed E-state index contributed by atoms with van der Waals surface area (Å²) < 4.78 is 11.1. The molecular formula is C21H19NO3. The molecule has 0 aromatic heterocycles. The molecule has 4 heteroatoms. The van der Waals surface area contributed by atoms with Crippen LogP contribution in [0.15, 0.2) is 60.7 Å². The van der Waals surface area contributed by atoms with Crippen molar-refractivity contribution in [1.82, 2.24) is 5.32 Å². The highest BCUT2D eigenvalue weighted by molar-refractivity contribution is 5.95. The van der Waals surface area contributed by atoms with Crippen molar-refractivity contribution < 1.29 is 14.3 Å². The second-order valence-corrected chi connectivity index (χ2v) is 6.12. The van der Waals surface area contributed by atoms with Gasteiger partial charge < -0.3 is 14.8 Å². The van der Waals surface area contributed by atoms with E-state index in [9.17, 15) is 4.79 Å². The average Bonchev–Trinajstić information content (AvgIpc) is 2.67. The van der Waals surface area contributed by atoms with Gasteiger partial charge in [-0.15, -0.1) is 0 Å². The number of carbonyl (C=O) groups excluding carboxylic acids is 1. The van der Waals surface area contributed by atoms with Gasteiger partial charge in [0.25, 0.3) is 5.91 Å². The molecule has 126 valence electrons. The van der Waals surface area contributed by atoms with Crippen molar-refractivity contribution in [3.63, 3.8) is 0 Å². The largest absolute Gasteiger partial charge is 0.486 e. The molecule has 0 bridgehead atoms. The van der Waals surface area contributed by atoms with E-state index in [0.717, 1.165) is 10.9 Å². The monoisotopic (exact) mass is 333 g/mol. The average molecular weight is 333 g/mol. The molecule has 0 unspecified atom stereocenters. The van der Waals surface area contributed by atoms with Gasteiger partial charge in [-0.05, 0) is 41.5 Å². The maximum Gasteiger partial charge on any atom is 0.251 e. The van der Waals surface area contributed by atoms with E-state index in [1.54, 1.807) is 18.2 Å². The van der Waals surface area contributed by atoms with Crippen molar-refractivity contribution in [3.8, 4) is 11.5 Å². The van der Waals surface area contributed by atoms with E-state index in [1.165, 1.54) is 5.39 Å². The summed E-state index contributed by atoms with van der Waals surface area (Å²) in [6.45, 7) is 3.04. The van der Waals surface area contributed by atoms with Crippen molar-refractivity contribution >= 4 is 16.7 Å². The van der Waals surface area contributed by atoms with Crippen LogP contribution < -0.4 is 14.8 Å². The topological polar surface area (TPSA) is 47.6 Å². The van der Waals surface area contributed by atoms with Gasteiger partial charge in [0, 0.05) is 5.56 Å². The Morgan fingerprint density at radius 2 is 1.72 bits per heavy atom. The number of rotatable bonds is 3. The van der Waals surface area contributed by atoms with Gasteiger partial charge in [0.15, 0.2) is 11.5 Å². The van der Waals surface area contributed by atoms with Gasteiger partial charge in [0.05, 0.1) is 6.04 Å². The van der Waals surface area contributed by atoms with Crippen LogP contribution in [0.5, 0.6) is 11.5 Å². The minimum absolute atomic E-state index is 0.105. The zero-order valence-corrected chi connectivity index (χ0v) is 14.0. The lowest BCUT2D eigenvalue weighted by Crippen LogP contribution is -2.27. The van der Waals surface area contributed by atoms with Crippen LogP contribution in [0.1, 0.15) is 28.9 Å². The van der Waals surface area contributed by atoms with Crippen LogP contribution in [0.2, 0.25) is 0 Å². The maximum atomic E-state index is 12.6. The van der Waals surface area contributed by atoms with Crippen LogP contribution in [0, 0.1) is 0 Å². The molecule has 1 atom stereocenters. The second-order valence-electron chi connectivity index (χ2n) is 6.12. The molecule has 1 heterocycles. The van der Waals surface area contributed by atoms with Gasteiger partial charge in [-0.3, -0.25) is 4.79 Å². The van der Waals surface area contributed by atoms with Crippen LogP contribution in [0.25, 0.3) is 10.8 Å². The second kappa shape index (κ2) is 6.48. The van der Waals surface area contributed by atoms with Crippen molar-refractivity contribution in [3.05, 3.63) is 71.8 Å². The highest BCUT2D eigenvalue weighted by Gasteiger charge is 2.17. The molecule has 25 heavy (non-hydrogen) atoms. The minimum atomic E-state index is -0.127. The number of carbonyl (C=O) groups is 1. The summed E-state index contributed by atoms with van der Waals surface area (Å²) in [5.41, 5.74) is 1.67. The number of benzene rings is 3. The molecule has 4 nitrogen and oxygen atoms in total. The molecule has 1 N–H and O–H groups in total. The summed E-state index contributed by atoms with van der Waals surface area (Å²) in [6, 6.07) is 19.5. The first kappa shape index (κ1) is 15.5. The van der Waals surface area contributed by atoms with Crippen molar-refractivity contribution in [2.24, 2.45) is 0 Å². The number of hydrogen-bond donors (Lipinski definition) is 1. The molecule has 0 saturated carbocycles. The summed E-state index contributed by atoms with van der Waals surface area (Å²) in [5.74, 6) is 1.18. The third kappa shape index (κ3) is 3.03. The summed E-state index contributed by atoms with van der Waals surface area (Å²) in [5, 5.41) is 5.40. The van der Waals surface area contributed by atoms with E-state index < -0.39 is 0 Å². The smallest absolute Gasteiger partial charge is 0.251 e. The van der Waals surface area contributed by atoms with Crippen LogP contribution >= 0.6 is 0 Å². The molecule has 0 radical (unpaired) electrons. The lowest BCUT2D eigenvalue weighted by molar-refractivity contribution is 0.0939. The minimum Gasteiger partial charge on any atom is -0.486 e. The summed E-state index contributed by atoms with van der Waals surface area (Å²) in [4.78, 5) is 12.6. The molecule has 0 fully saturated rings. The molecule has 1 aliphatic rings. The maximum absolute atomic E-state index is 12.6. The molecule has 1 amide bonds. The first-order valence-electron chi connectivity index (χ1n) is 8.40. The van der Waals surface area contributed by atoms with Crippen LogP contribution in [0.3, 0.4) is 0 Å². The van der Waals surface area contributed by atoms with Gasteiger partial charge >= 0.3 is 0 Å². The van der Waals surface area contributed by atoms with E-state index in [1.807, 2.05) is 25.1 Å². The number of hydrogen-bond acceptors (Lipinski definition) is 3. The molecule has 0 saturated heterocycles. The lowest BCUT2D eigenvalue weighted by atomic mass is 9.99. The SMILES string of the molecule is C[C@@H](NC(=O)c1ccc2c(c1)OCCO2)c1cccc2ccccc12. The predicted molar refractivity (Wildman–Crippen MR) is 97.3 cm³/mol. The summed E-state index contributed by atoms with van der Waals surface area (Å²) in [7, 11) is 0. The standard InChI is InChI=1S/C21H19NO3/c1-14(17-8-4-6-15-5-2-3-7-18(15)17)22-21(23)16-9-10-19-20(13-16)25-12-11-24-19/h2-10,13-14H,11-12H2,1H3,(H,22,23)/t14-/m1/s1. The Morgan fingerprint density at radius 1 is 0.960 bits per heavy atom. The fraction of sp³-hybridized carbons (Fsp3) is 0.190. The Morgan fingerprint density at radius 3 is 2.60 bits per heavy atom. The Hall–Kier alpha value is -3.01. The Kier molecular flexibility index (Phi) is 4.02. The molecule has 3 aromatic carbocycles. The first-order chi connectivity index (χ1) is 12.2. The Balaban J connectivity index is 1.58.